The average molecular weight is 360 g/mol. The van der Waals surface area contributed by atoms with E-state index in [2.05, 4.69) is 10.1 Å². The molecular formula is C18H24N4O4. The van der Waals surface area contributed by atoms with Crippen molar-refractivity contribution in [3.63, 3.8) is 0 Å². The number of imidazole rings is 1. The molecule has 1 aliphatic heterocycles. The minimum atomic E-state index is -1.07. The molecule has 3 rings (SSSR count). The first-order valence-corrected chi connectivity index (χ1v) is 9.05. The molecule has 0 unspecified atom stereocenters. The molecule has 8 nitrogen and oxygen atoms in total. The summed E-state index contributed by atoms with van der Waals surface area (Å²) in [5.41, 5.74) is 1.89. The molecule has 8 heteroatoms. The van der Waals surface area contributed by atoms with Gasteiger partial charge in [-0.2, -0.15) is 0 Å². The van der Waals surface area contributed by atoms with Crippen LogP contribution in [0.2, 0.25) is 0 Å². The summed E-state index contributed by atoms with van der Waals surface area (Å²) in [7, 11) is 0. The highest BCUT2D eigenvalue weighted by molar-refractivity contribution is 5.91. The number of carboxylic acids is 1. The lowest BCUT2D eigenvalue weighted by atomic mass is 10.1. The third kappa shape index (κ3) is 3.11. The lowest BCUT2D eigenvalue weighted by Gasteiger charge is -2.13. The third-order valence-electron chi connectivity index (χ3n) is 4.95. The van der Waals surface area contributed by atoms with Gasteiger partial charge in [0.15, 0.2) is 11.8 Å². The topological polar surface area (TPSA) is 98.7 Å². The lowest BCUT2D eigenvalue weighted by molar-refractivity contribution is 0.0696. The predicted molar refractivity (Wildman–Crippen MR) is 97.8 cm³/mol. The standard InChI is InChI=1S/C18H24N4O4/c1-4-12-8-14(26-20-12)10-21-15-7-11(17(23)24)9-19-16(15)22(18(21)25)13(5-2)6-3/h7,9,13-14H,4-6,8,10H2,1-3H3,(H,23,24)/t14-/m0/s1. The maximum atomic E-state index is 13.1. The number of carboxylic acid groups (broad SMARTS) is 1. The Balaban J connectivity index is 2.10. The van der Waals surface area contributed by atoms with Crippen LogP contribution in [0.1, 0.15) is 62.9 Å². The Morgan fingerprint density at radius 3 is 2.69 bits per heavy atom. The third-order valence-corrected chi connectivity index (χ3v) is 4.95. The molecule has 0 fully saturated rings. The van der Waals surface area contributed by atoms with Gasteiger partial charge >= 0.3 is 11.7 Å². The number of oxime groups is 1. The van der Waals surface area contributed by atoms with Crippen LogP contribution in [0, 0.1) is 0 Å². The Bertz CT molecular complexity index is 908. The summed E-state index contributed by atoms with van der Waals surface area (Å²) in [5.74, 6) is -1.07. The van der Waals surface area contributed by atoms with Crippen molar-refractivity contribution in [2.45, 2.75) is 65.1 Å². The number of carbonyl (C=O) groups is 1. The van der Waals surface area contributed by atoms with Gasteiger partial charge in [-0.1, -0.05) is 25.9 Å². The molecule has 3 heterocycles. The smallest absolute Gasteiger partial charge is 0.337 e. The quantitative estimate of drug-likeness (QED) is 0.818. The molecule has 0 aliphatic carbocycles. The molecule has 0 bridgehead atoms. The summed E-state index contributed by atoms with van der Waals surface area (Å²) in [6.07, 6.45) is 4.15. The van der Waals surface area contributed by atoms with Crippen LogP contribution in [0.4, 0.5) is 0 Å². The SMILES string of the molecule is CCC1=NO[C@H](Cn2c(=O)n(C(CC)CC)c3ncc(C(=O)O)cc32)C1. The van der Waals surface area contributed by atoms with Gasteiger partial charge in [-0.15, -0.1) is 0 Å². The molecule has 0 radical (unpaired) electrons. The summed E-state index contributed by atoms with van der Waals surface area (Å²) in [5, 5.41) is 13.3. The zero-order valence-corrected chi connectivity index (χ0v) is 15.3. The van der Waals surface area contributed by atoms with E-state index in [1.54, 1.807) is 9.13 Å². The second-order valence-corrected chi connectivity index (χ2v) is 6.55. The van der Waals surface area contributed by atoms with Gasteiger partial charge < -0.3 is 9.94 Å². The number of rotatable bonds is 7. The molecule has 0 saturated heterocycles. The van der Waals surface area contributed by atoms with E-state index in [9.17, 15) is 14.7 Å². The van der Waals surface area contributed by atoms with Gasteiger partial charge in [0.05, 0.1) is 23.3 Å². The van der Waals surface area contributed by atoms with Crippen LogP contribution in [0.5, 0.6) is 0 Å². The Hall–Kier alpha value is -2.64. The van der Waals surface area contributed by atoms with E-state index >= 15 is 0 Å². The van der Waals surface area contributed by atoms with Crippen LogP contribution in [0.25, 0.3) is 11.2 Å². The van der Waals surface area contributed by atoms with Gasteiger partial charge in [0.25, 0.3) is 0 Å². The van der Waals surface area contributed by atoms with E-state index in [4.69, 9.17) is 4.84 Å². The number of hydrogen-bond donors (Lipinski definition) is 1. The van der Waals surface area contributed by atoms with Crippen molar-refractivity contribution < 1.29 is 14.7 Å². The largest absolute Gasteiger partial charge is 0.478 e. The summed E-state index contributed by atoms with van der Waals surface area (Å²) < 4.78 is 3.25. The molecule has 0 saturated carbocycles. The molecule has 1 aliphatic rings. The number of aromatic carboxylic acids is 1. The summed E-state index contributed by atoms with van der Waals surface area (Å²) in [4.78, 5) is 34.2. The first-order chi connectivity index (χ1) is 12.5. The van der Waals surface area contributed by atoms with Crippen molar-refractivity contribution in [2.24, 2.45) is 5.16 Å². The second-order valence-electron chi connectivity index (χ2n) is 6.55. The van der Waals surface area contributed by atoms with Crippen LogP contribution < -0.4 is 5.69 Å². The number of fused-ring (bicyclic) bond motifs is 1. The van der Waals surface area contributed by atoms with Gasteiger partial charge in [-0.25, -0.2) is 14.6 Å². The second kappa shape index (κ2) is 7.31. The van der Waals surface area contributed by atoms with Gasteiger partial charge in [0.2, 0.25) is 0 Å². The van der Waals surface area contributed by atoms with Crippen molar-refractivity contribution in [3.8, 4) is 0 Å². The van der Waals surface area contributed by atoms with Crippen molar-refractivity contribution in [1.82, 2.24) is 14.1 Å². The number of hydrogen-bond acceptors (Lipinski definition) is 5. The van der Waals surface area contributed by atoms with E-state index in [-0.39, 0.29) is 23.4 Å². The predicted octanol–water partition coefficient (Wildman–Crippen LogP) is 2.81. The molecule has 2 aromatic rings. The van der Waals surface area contributed by atoms with Crippen LogP contribution in [-0.2, 0) is 11.4 Å². The Kier molecular flexibility index (Phi) is 5.11. The van der Waals surface area contributed by atoms with Crippen LogP contribution >= 0.6 is 0 Å². The van der Waals surface area contributed by atoms with E-state index in [1.807, 2.05) is 20.8 Å². The zero-order valence-electron chi connectivity index (χ0n) is 15.3. The first-order valence-electron chi connectivity index (χ1n) is 9.05. The minimum absolute atomic E-state index is 0.0152. The lowest BCUT2D eigenvalue weighted by Crippen LogP contribution is -2.30. The maximum Gasteiger partial charge on any atom is 0.337 e. The molecular weight excluding hydrogens is 336 g/mol. The fraction of sp³-hybridized carbons (Fsp3) is 0.556. The monoisotopic (exact) mass is 360 g/mol. The fourth-order valence-corrected chi connectivity index (χ4v) is 3.43. The van der Waals surface area contributed by atoms with Crippen molar-refractivity contribution in [2.75, 3.05) is 0 Å². The van der Waals surface area contributed by atoms with Gasteiger partial charge in [0, 0.05) is 18.7 Å². The minimum Gasteiger partial charge on any atom is -0.478 e. The summed E-state index contributed by atoms with van der Waals surface area (Å²) >= 11 is 0. The van der Waals surface area contributed by atoms with E-state index in [0.717, 1.165) is 25.0 Å². The molecule has 0 aromatic carbocycles. The average Bonchev–Trinajstić information content (AvgIpc) is 3.20. The van der Waals surface area contributed by atoms with E-state index in [1.165, 1.54) is 12.3 Å². The highest BCUT2D eigenvalue weighted by Crippen LogP contribution is 2.23. The van der Waals surface area contributed by atoms with Gasteiger partial charge in [-0.05, 0) is 25.3 Å². The number of aromatic nitrogens is 3. The van der Waals surface area contributed by atoms with E-state index < -0.39 is 5.97 Å². The van der Waals surface area contributed by atoms with Crippen LogP contribution in [-0.4, -0.2) is 37.0 Å². The van der Waals surface area contributed by atoms with Crippen molar-refractivity contribution in [1.29, 1.82) is 0 Å². The summed E-state index contributed by atoms with van der Waals surface area (Å²) in [6.45, 7) is 6.38. The maximum absolute atomic E-state index is 13.1. The molecule has 140 valence electrons. The van der Waals surface area contributed by atoms with Crippen LogP contribution in [0.3, 0.4) is 0 Å². The molecule has 2 aromatic heterocycles. The Labute approximate surface area is 151 Å². The highest BCUT2D eigenvalue weighted by Gasteiger charge is 2.26. The van der Waals surface area contributed by atoms with Crippen LogP contribution in [0.15, 0.2) is 22.2 Å². The normalized spacial score (nSPS) is 16.9. The number of nitrogens with zero attached hydrogens (tertiary/aromatic N) is 4. The van der Waals surface area contributed by atoms with E-state index in [0.29, 0.717) is 24.1 Å². The molecule has 1 N–H and O–H groups in total. The first kappa shape index (κ1) is 18.2. The molecule has 1 atom stereocenters. The fourth-order valence-electron chi connectivity index (χ4n) is 3.43. The highest BCUT2D eigenvalue weighted by atomic mass is 16.6. The van der Waals surface area contributed by atoms with Gasteiger partial charge in [0.1, 0.15) is 0 Å². The molecule has 26 heavy (non-hydrogen) atoms. The van der Waals surface area contributed by atoms with Crippen molar-refractivity contribution >= 4 is 22.8 Å². The Morgan fingerprint density at radius 2 is 2.12 bits per heavy atom. The molecule has 0 spiro atoms. The molecule has 0 amide bonds. The Morgan fingerprint density at radius 1 is 1.38 bits per heavy atom. The number of pyridine rings is 1. The van der Waals surface area contributed by atoms with Crippen molar-refractivity contribution in [3.05, 3.63) is 28.3 Å². The summed E-state index contributed by atoms with van der Waals surface area (Å²) in [6, 6.07) is 1.53. The zero-order chi connectivity index (χ0) is 18.8. The van der Waals surface area contributed by atoms with Gasteiger partial charge in [-0.3, -0.25) is 9.13 Å².